The van der Waals surface area contributed by atoms with Crippen LogP contribution in [0.15, 0.2) is 42.5 Å². The van der Waals surface area contributed by atoms with Crippen molar-refractivity contribution in [2.45, 2.75) is 59.2 Å². The SMILES string of the molecule is CC(C)(C)C1CCC(C(Cc2ccc(C(=O)NCCS(=O)(=O)O)cc2)C(=O)Nc2ccc(OC(F)(F)F)c(Cl)c2)CC1. The molecule has 2 aromatic carbocycles. The molecule has 1 saturated carbocycles. The van der Waals surface area contributed by atoms with Gasteiger partial charge in [0.1, 0.15) is 5.75 Å². The second-order valence-electron chi connectivity index (χ2n) is 11.7. The Balaban J connectivity index is 1.75. The summed E-state index contributed by atoms with van der Waals surface area (Å²) in [7, 11) is -4.20. The zero-order valence-corrected chi connectivity index (χ0v) is 25.2. The maximum atomic E-state index is 13.6. The molecule has 1 atom stereocenters. The predicted molar refractivity (Wildman–Crippen MR) is 154 cm³/mol. The van der Waals surface area contributed by atoms with E-state index in [-0.39, 0.29) is 40.1 Å². The number of alkyl halides is 3. The highest BCUT2D eigenvalue weighted by Crippen LogP contribution is 2.43. The fourth-order valence-corrected chi connectivity index (χ4v) is 5.90. The van der Waals surface area contributed by atoms with Gasteiger partial charge in [-0.15, -0.1) is 13.2 Å². The third-order valence-corrected chi connectivity index (χ3v) is 8.66. The van der Waals surface area contributed by atoms with E-state index in [9.17, 15) is 31.2 Å². The number of anilines is 1. The molecule has 13 heteroatoms. The number of hydrogen-bond donors (Lipinski definition) is 3. The summed E-state index contributed by atoms with van der Waals surface area (Å²) in [6.07, 6.45) is -0.918. The first-order chi connectivity index (χ1) is 19.4. The maximum Gasteiger partial charge on any atom is 0.573 e. The zero-order chi connectivity index (χ0) is 31.3. The molecule has 0 saturated heterocycles. The molecule has 8 nitrogen and oxygen atoms in total. The third-order valence-electron chi connectivity index (χ3n) is 7.64. The monoisotopic (exact) mass is 632 g/mol. The van der Waals surface area contributed by atoms with E-state index in [2.05, 4.69) is 36.1 Å². The van der Waals surface area contributed by atoms with Gasteiger partial charge < -0.3 is 15.4 Å². The summed E-state index contributed by atoms with van der Waals surface area (Å²) in [5.41, 5.74) is 1.48. The van der Waals surface area contributed by atoms with Crippen molar-refractivity contribution in [3.05, 3.63) is 58.6 Å². The van der Waals surface area contributed by atoms with Crippen LogP contribution in [-0.4, -0.2) is 43.4 Å². The fraction of sp³-hybridized carbons (Fsp3) is 0.517. The normalized spacial score (nSPS) is 18.7. The van der Waals surface area contributed by atoms with Gasteiger partial charge in [-0.3, -0.25) is 14.1 Å². The lowest BCUT2D eigenvalue weighted by atomic mass is 9.66. The number of ether oxygens (including phenoxy) is 1. The summed E-state index contributed by atoms with van der Waals surface area (Å²) in [6.45, 7) is 6.38. The van der Waals surface area contributed by atoms with Crippen LogP contribution >= 0.6 is 11.6 Å². The lowest BCUT2D eigenvalue weighted by Crippen LogP contribution is -2.35. The van der Waals surface area contributed by atoms with Crippen molar-refractivity contribution in [2.75, 3.05) is 17.6 Å². The number of carbonyl (C=O) groups excluding carboxylic acids is 2. The first-order valence-electron chi connectivity index (χ1n) is 13.6. The molecule has 1 aliphatic carbocycles. The van der Waals surface area contributed by atoms with E-state index in [4.69, 9.17) is 16.2 Å². The number of carbonyl (C=O) groups is 2. The van der Waals surface area contributed by atoms with Crippen LogP contribution in [0.3, 0.4) is 0 Å². The van der Waals surface area contributed by atoms with Crippen molar-refractivity contribution in [2.24, 2.45) is 23.2 Å². The summed E-state index contributed by atoms with van der Waals surface area (Å²) in [5.74, 6) is -1.83. The topological polar surface area (TPSA) is 122 Å². The molecule has 3 N–H and O–H groups in total. The molecule has 2 aromatic rings. The lowest BCUT2D eigenvalue weighted by Gasteiger charge is -2.39. The van der Waals surface area contributed by atoms with E-state index in [1.807, 2.05) is 0 Å². The van der Waals surface area contributed by atoms with Crippen LogP contribution in [0.1, 0.15) is 62.4 Å². The Bertz CT molecular complexity index is 1350. The average Bonchev–Trinajstić information content (AvgIpc) is 2.87. The van der Waals surface area contributed by atoms with Crippen LogP contribution in [0.5, 0.6) is 5.75 Å². The summed E-state index contributed by atoms with van der Waals surface area (Å²) in [6, 6.07) is 10.1. The summed E-state index contributed by atoms with van der Waals surface area (Å²) in [5, 5.41) is 4.94. The lowest BCUT2D eigenvalue weighted by molar-refractivity contribution is -0.274. The van der Waals surface area contributed by atoms with Gasteiger partial charge in [0.15, 0.2) is 0 Å². The molecule has 42 heavy (non-hydrogen) atoms. The van der Waals surface area contributed by atoms with Gasteiger partial charge >= 0.3 is 6.36 Å². The first-order valence-corrected chi connectivity index (χ1v) is 15.6. The van der Waals surface area contributed by atoms with E-state index >= 15 is 0 Å². The van der Waals surface area contributed by atoms with Gasteiger partial charge in [-0.2, -0.15) is 8.42 Å². The van der Waals surface area contributed by atoms with Crippen molar-refractivity contribution >= 4 is 39.2 Å². The van der Waals surface area contributed by atoms with E-state index < -0.39 is 39.8 Å². The van der Waals surface area contributed by atoms with Crippen molar-refractivity contribution in [3.63, 3.8) is 0 Å². The molecular formula is C29H36ClF3N2O6S. The molecule has 1 fully saturated rings. The number of nitrogens with one attached hydrogen (secondary N) is 2. The van der Waals surface area contributed by atoms with E-state index in [0.717, 1.165) is 37.3 Å². The Hall–Kier alpha value is -2.83. The van der Waals surface area contributed by atoms with E-state index in [1.54, 1.807) is 24.3 Å². The second-order valence-corrected chi connectivity index (χ2v) is 13.7. The smallest absolute Gasteiger partial charge is 0.404 e. The molecule has 3 rings (SSSR count). The first kappa shape index (κ1) is 33.7. The van der Waals surface area contributed by atoms with E-state index in [0.29, 0.717) is 12.3 Å². The molecule has 0 heterocycles. The van der Waals surface area contributed by atoms with Gasteiger partial charge in [0.2, 0.25) is 5.91 Å². The number of benzene rings is 2. The minimum Gasteiger partial charge on any atom is -0.404 e. The van der Waals surface area contributed by atoms with Gasteiger partial charge in [0.25, 0.3) is 16.0 Å². The highest BCUT2D eigenvalue weighted by Gasteiger charge is 2.36. The number of halogens is 4. The van der Waals surface area contributed by atoms with Crippen molar-refractivity contribution in [3.8, 4) is 5.75 Å². The molecule has 0 bridgehead atoms. The Morgan fingerprint density at radius 3 is 2.19 bits per heavy atom. The largest absolute Gasteiger partial charge is 0.573 e. The van der Waals surface area contributed by atoms with Crippen LogP contribution < -0.4 is 15.4 Å². The average molecular weight is 633 g/mol. The quantitative estimate of drug-likeness (QED) is 0.257. The highest BCUT2D eigenvalue weighted by atomic mass is 35.5. The molecule has 232 valence electrons. The summed E-state index contributed by atoms with van der Waals surface area (Å²) in [4.78, 5) is 25.9. The minimum absolute atomic E-state index is 0.0651. The van der Waals surface area contributed by atoms with Crippen molar-refractivity contribution in [1.29, 1.82) is 0 Å². The molecular weight excluding hydrogens is 597 g/mol. The predicted octanol–water partition coefficient (Wildman–Crippen LogP) is 6.51. The number of rotatable bonds is 10. The van der Waals surface area contributed by atoms with Crippen LogP contribution in [0.25, 0.3) is 0 Å². The molecule has 1 aliphatic rings. The molecule has 0 aromatic heterocycles. The molecule has 1 unspecified atom stereocenters. The van der Waals surface area contributed by atoms with Gasteiger partial charge in [-0.1, -0.05) is 44.5 Å². The molecule has 0 aliphatic heterocycles. The van der Waals surface area contributed by atoms with Gasteiger partial charge in [-0.25, -0.2) is 0 Å². The Morgan fingerprint density at radius 2 is 1.67 bits per heavy atom. The van der Waals surface area contributed by atoms with Crippen LogP contribution in [0.4, 0.5) is 18.9 Å². The van der Waals surface area contributed by atoms with Crippen molar-refractivity contribution < 1.29 is 40.5 Å². The zero-order valence-electron chi connectivity index (χ0n) is 23.6. The van der Waals surface area contributed by atoms with Gasteiger partial charge in [-0.05, 0) is 85.3 Å². The van der Waals surface area contributed by atoms with Crippen LogP contribution in [0, 0.1) is 23.2 Å². The van der Waals surface area contributed by atoms with Gasteiger partial charge in [0, 0.05) is 23.7 Å². The van der Waals surface area contributed by atoms with Crippen molar-refractivity contribution in [1.82, 2.24) is 5.32 Å². The van der Waals surface area contributed by atoms with Crippen LogP contribution in [0.2, 0.25) is 5.02 Å². The van der Waals surface area contributed by atoms with Gasteiger partial charge in [0.05, 0.1) is 10.8 Å². The van der Waals surface area contributed by atoms with E-state index in [1.165, 1.54) is 12.1 Å². The fourth-order valence-electron chi connectivity index (χ4n) is 5.32. The molecule has 0 spiro atoms. The minimum atomic E-state index is -4.90. The highest BCUT2D eigenvalue weighted by molar-refractivity contribution is 7.85. The van der Waals surface area contributed by atoms with Crippen LogP contribution in [-0.2, 0) is 21.3 Å². The Kier molecular flexibility index (Phi) is 10.9. The number of hydrogen-bond acceptors (Lipinski definition) is 5. The maximum absolute atomic E-state index is 13.6. The third kappa shape index (κ3) is 10.5. The second kappa shape index (κ2) is 13.6. The Labute approximate surface area is 249 Å². The summed E-state index contributed by atoms with van der Waals surface area (Å²) < 4.78 is 72.3. The number of amides is 2. The standard InChI is InChI=1S/C29H36ClF3N2O6S/c1-28(2,3)21-10-8-19(9-11-21)23(27(37)35-22-12-13-25(24(30)17-22)41-29(31,32)33)16-18-4-6-20(7-5-18)26(36)34-14-15-42(38,39)40/h4-7,12-13,17,19,21,23H,8-11,14-16H2,1-3H3,(H,34,36)(H,35,37)(H,38,39,40). The summed E-state index contributed by atoms with van der Waals surface area (Å²) >= 11 is 5.98. The molecule has 2 amide bonds. The Morgan fingerprint density at radius 1 is 1.05 bits per heavy atom. The molecule has 0 radical (unpaired) electrons.